The number of aliphatic carboxylic acids is 1. The second-order valence-corrected chi connectivity index (χ2v) is 3.79. The van der Waals surface area contributed by atoms with Crippen molar-refractivity contribution in [2.45, 2.75) is 6.18 Å². The molecule has 0 bridgehead atoms. The van der Waals surface area contributed by atoms with E-state index in [9.17, 15) is 18.0 Å². The molecule has 5 nitrogen and oxygen atoms in total. The zero-order chi connectivity index (χ0) is 15.3. The van der Waals surface area contributed by atoms with Gasteiger partial charge in [-0.1, -0.05) is 0 Å². The molecule has 0 spiro atoms. The van der Waals surface area contributed by atoms with Crippen LogP contribution in [0, 0.1) is 5.92 Å². The first kappa shape index (κ1) is 15.9. The average molecular weight is 294 g/mol. The van der Waals surface area contributed by atoms with Gasteiger partial charge in [0.1, 0.15) is 23.9 Å². The molecule has 0 radical (unpaired) electrons. The van der Waals surface area contributed by atoms with Crippen molar-refractivity contribution in [1.82, 2.24) is 0 Å². The predicted octanol–water partition coefficient (Wildman–Crippen LogP) is 2.35. The number of benzene rings is 1. The largest absolute Gasteiger partial charge is 0.496 e. The molecular weight excluding hydrogens is 281 g/mol. The Morgan fingerprint density at radius 1 is 1.15 bits per heavy atom. The van der Waals surface area contributed by atoms with E-state index in [2.05, 4.69) is 0 Å². The van der Waals surface area contributed by atoms with E-state index in [1.54, 1.807) is 0 Å². The van der Waals surface area contributed by atoms with Crippen molar-refractivity contribution in [2.24, 2.45) is 5.92 Å². The number of methoxy groups -OCH3 is 2. The van der Waals surface area contributed by atoms with Crippen molar-refractivity contribution in [3.8, 4) is 17.2 Å². The fourth-order valence-electron chi connectivity index (χ4n) is 1.35. The molecule has 1 aromatic carbocycles. The maximum Gasteiger partial charge on any atom is 0.405 e. The normalized spacial score (nSPS) is 12.7. The molecule has 0 aliphatic rings. The number of hydrogen-bond acceptors (Lipinski definition) is 4. The van der Waals surface area contributed by atoms with Crippen molar-refractivity contribution in [3.05, 3.63) is 18.2 Å². The third-order valence-corrected chi connectivity index (χ3v) is 2.43. The maximum atomic E-state index is 12.5. The molecule has 0 saturated carbocycles. The van der Waals surface area contributed by atoms with E-state index in [0.717, 1.165) is 0 Å². The van der Waals surface area contributed by atoms with Crippen molar-refractivity contribution in [2.75, 3.05) is 20.8 Å². The van der Waals surface area contributed by atoms with Crippen LogP contribution in [0.5, 0.6) is 17.2 Å². The monoisotopic (exact) mass is 294 g/mol. The first-order chi connectivity index (χ1) is 9.27. The quantitative estimate of drug-likeness (QED) is 0.872. The highest BCUT2D eigenvalue weighted by Gasteiger charge is 2.45. The lowest BCUT2D eigenvalue weighted by molar-refractivity contribution is -0.198. The van der Waals surface area contributed by atoms with Crippen molar-refractivity contribution in [3.63, 3.8) is 0 Å². The van der Waals surface area contributed by atoms with Crippen molar-refractivity contribution in [1.29, 1.82) is 0 Å². The van der Waals surface area contributed by atoms with E-state index >= 15 is 0 Å². The summed E-state index contributed by atoms with van der Waals surface area (Å²) in [6.45, 7) is -1.03. The summed E-state index contributed by atoms with van der Waals surface area (Å²) in [6.07, 6.45) is -4.88. The molecule has 0 saturated heterocycles. The van der Waals surface area contributed by atoms with Crippen LogP contribution >= 0.6 is 0 Å². The minimum atomic E-state index is -4.88. The SMILES string of the molecule is COc1cc(OC)cc(OCC(C(=O)O)C(F)(F)F)c1. The predicted molar refractivity (Wildman–Crippen MR) is 62.2 cm³/mol. The Balaban J connectivity index is 2.85. The second kappa shape index (κ2) is 6.36. The van der Waals surface area contributed by atoms with Crippen LogP contribution in [0.4, 0.5) is 13.2 Å². The van der Waals surface area contributed by atoms with Gasteiger partial charge in [-0.15, -0.1) is 0 Å². The molecule has 0 aliphatic heterocycles. The maximum absolute atomic E-state index is 12.5. The second-order valence-electron chi connectivity index (χ2n) is 3.79. The first-order valence-corrected chi connectivity index (χ1v) is 5.43. The molecule has 1 rings (SSSR count). The molecule has 1 unspecified atom stereocenters. The lowest BCUT2D eigenvalue weighted by atomic mass is 10.1. The molecule has 0 aromatic heterocycles. The molecule has 0 heterocycles. The highest BCUT2D eigenvalue weighted by molar-refractivity contribution is 5.71. The van der Waals surface area contributed by atoms with E-state index in [4.69, 9.17) is 19.3 Å². The van der Waals surface area contributed by atoms with Gasteiger partial charge in [0.15, 0.2) is 5.92 Å². The highest BCUT2D eigenvalue weighted by Crippen LogP contribution is 2.30. The molecule has 1 aromatic rings. The Labute approximate surface area is 112 Å². The number of alkyl halides is 3. The molecule has 0 aliphatic carbocycles. The van der Waals surface area contributed by atoms with E-state index < -0.39 is 24.7 Å². The Kier molecular flexibility index (Phi) is 5.06. The van der Waals surface area contributed by atoms with Crippen LogP contribution in [0.3, 0.4) is 0 Å². The van der Waals surface area contributed by atoms with Gasteiger partial charge in [0.2, 0.25) is 0 Å². The van der Waals surface area contributed by atoms with Crippen molar-refractivity contribution >= 4 is 5.97 Å². The Hall–Kier alpha value is -2.12. The van der Waals surface area contributed by atoms with E-state index in [1.807, 2.05) is 0 Å². The fourth-order valence-corrected chi connectivity index (χ4v) is 1.35. The third kappa shape index (κ3) is 4.22. The summed E-state index contributed by atoms with van der Waals surface area (Å²) in [4.78, 5) is 10.6. The summed E-state index contributed by atoms with van der Waals surface area (Å²) in [7, 11) is 2.74. The topological polar surface area (TPSA) is 65.0 Å². The molecular formula is C12H13F3O5. The molecule has 8 heteroatoms. The van der Waals surface area contributed by atoms with Crippen LogP contribution in [0.25, 0.3) is 0 Å². The number of halogens is 3. The van der Waals surface area contributed by atoms with Crippen molar-refractivity contribution < 1.29 is 37.3 Å². The van der Waals surface area contributed by atoms with Gasteiger partial charge >= 0.3 is 12.1 Å². The summed E-state index contributed by atoms with van der Waals surface area (Å²) in [5.74, 6) is -3.93. The Morgan fingerprint density at radius 3 is 1.95 bits per heavy atom. The lowest BCUT2D eigenvalue weighted by Gasteiger charge is -2.17. The first-order valence-electron chi connectivity index (χ1n) is 5.43. The van der Waals surface area contributed by atoms with Gasteiger partial charge in [-0.25, -0.2) is 0 Å². The molecule has 112 valence electrons. The molecule has 1 N–H and O–H groups in total. The van der Waals surface area contributed by atoms with Gasteiger partial charge in [0.05, 0.1) is 14.2 Å². The Morgan fingerprint density at radius 2 is 1.60 bits per heavy atom. The number of hydrogen-bond donors (Lipinski definition) is 1. The van der Waals surface area contributed by atoms with Gasteiger partial charge in [-0.3, -0.25) is 4.79 Å². The third-order valence-electron chi connectivity index (χ3n) is 2.43. The summed E-state index contributed by atoms with van der Waals surface area (Å²) in [5, 5.41) is 8.54. The number of carbonyl (C=O) groups is 1. The lowest BCUT2D eigenvalue weighted by Crippen LogP contribution is -2.35. The molecule has 0 fully saturated rings. The molecule has 0 amide bonds. The number of ether oxygens (including phenoxy) is 3. The van der Waals surface area contributed by atoms with E-state index in [-0.39, 0.29) is 5.75 Å². The fraction of sp³-hybridized carbons (Fsp3) is 0.417. The van der Waals surface area contributed by atoms with Crippen LogP contribution in [0.1, 0.15) is 0 Å². The van der Waals surface area contributed by atoms with Gasteiger partial charge in [0.25, 0.3) is 0 Å². The molecule has 1 atom stereocenters. The van der Waals surface area contributed by atoms with E-state index in [1.165, 1.54) is 32.4 Å². The number of carboxylic acid groups (broad SMARTS) is 1. The Bertz CT molecular complexity index is 450. The standard InChI is InChI=1S/C12H13F3O5/c1-18-7-3-8(19-2)5-9(4-7)20-6-10(11(16)17)12(13,14)15/h3-5,10H,6H2,1-2H3,(H,16,17). The number of rotatable bonds is 6. The van der Waals surface area contributed by atoms with Crippen LogP contribution in [0.15, 0.2) is 18.2 Å². The van der Waals surface area contributed by atoms with Gasteiger partial charge in [-0.2, -0.15) is 13.2 Å². The van der Waals surface area contributed by atoms with Gasteiger partial charge in [0, 0.05) is 18.2 Å². The number of carboxylic acids is 1. The van der Waals surface area contributed by atoms with E-state index in [0.29, 0.717) is 11.5 Å². The molecule has 20 heavy (non-hydrogen) atoms. The summed E-state index contributed by atoms with van der Waals surface area (Å²) in [6, 6.07) is 4.17. The van der Waals surface area contributed by atoms with Crippen LogP contribution in [-0.2, 0) is 4.79 Å². The summed E-state index contributed by atoms with van der Waals surface area (Å²) < 4.78 is 52.1. The van der Waals surface area contributed by atoms with Gasteiger partial charge in [-0.05, 0) is 0 Å². The van der Waals surface area contributed by atoms with Crippen LogP contribution < -0.4 is 14.2 Å². The van der Waals surface area contributed by atoms with Crippen LogP contribution in [0.2, 0.25) is 0 Å². The smallest absolute Gasteiger partial charge is 0.405 e. The highest BCUT2D eigenvalue weighted by atomic mass is 19.4. The minimum absolute atomic E-state index is 0.0247. The van der Waals surface area contributed by atoms with Crippen LogP contribution in [-0.4, -0.2) is 38.1 Å². The average Bonchev–Trinajstić information content (AvgIpc) is 2.36. The summed E-state index contributed by atoms with van der Waals surface area (Å²) >= 11 is 0. The zero-order valence-corrected chi connectivity index (χ0v) is 10.7. The summed E-state index contributed by atoms with van der Waals surface area (Å²) in [5.41, 5.74) is 0. The van der Waals surface area contributed by atoms with Gasteiger partial charge < -0.3 is 19.3 Å². The zero-order valence-electron chi connectivity index (χ0n) is 10.7. The minimum Gasteiger partial charge on any atom is -0.496 e.